The molecule has 1 aliphatic rings. The molecular formula is C16H23FN2O4S. The molecule has 2 rings (SSSR count). The number of carbonyl (C=O) groups is 1. The molecule has 1 aromatic rings. The van der Waals surface area contributed by atoms with E-state index in [1.54, 1.807) is 11.0 Å². The summed E-state index contributed by atoms with van der Waals surface area (Å²) in [5, 5.41) is 0. The number of sulfonamides is 1. The molecule has 8 heteroatoms. The number of hydrogen-bond acceptors (Lipinski definition) is 4. The smallest absolute Gasteiger partial charge is 0.256 e. The third kappa shape index (κ3) is 4.67. The second-order valence-electron chi connectivity index (χ2n) is 5.85. The molecule has 1 saturated heterocycles. The van der Waals surface area contributed by atoms with Crippen LogP contribution in [0.1, 0.15) is 36.5 Å². The molecule has 0 spiro atoms. The predicted molar refractivity (Wildman–Crippen MR) is 89.1 cm³/mol. The number of piperidine rings is 1. The fraction of sp³-hybridized carbons (Fsp3) is 0.562. The summed E-state index contributed by atoms with van der Waals surface area (Å²) in [5.41, 5.74) is 0.000753. The topological polar surface area (TPSA) is 75.7 Å². The number of ether oxygens (including phenoxy) is 1. The molecule has 1 N–H and O–H groups in total. The quantitative estimate of drug-likeness (QED) is 0.841. The van der Waals surface area contributed by atoms with E-state index in [-0.39, 0.29) is 23.3 Å². The zero-order valence-corrected chi connectivity index (χ0v) is 14.7. The second kappa shape index (κ2) is 7.94. The fourth-order valence-corrected chi connectivity index (χ4v) is 4.15. The highest BCUT2D eigenvalue weighted by atomic mass is 32.2. The van der Waals surface area contributed by atoms with Crippen molar-refractivity contribution in [1.29, 1.82) is 0 Å². The Morgan fingerprint density at radius 2 is 2.04 bits per heavy atom. The van der Waals surface area contributed by atoms with Gasteiger partial charge in [0.05, 0.1) is 18.4 Å². The van der Waals surface area contributed by atoms with Crippen molar-refractivity contribution in [3.05, 3.63) is 29.6 Å². The fourth-order valence-electron chi connectivity index (χ4n) is 2.75. The first-order valence-electron chi connectivity index (χ1n) is 7.99. The minimum Gasteiger partial charge on any atom is -0.497 e. The van der Waals surface area contributed by atoms with Crippen LogP contribution in [0.4, 0.5) is 4.39 Å². The van der Waals surface area contributed by atoms with Crippen LogP contribution < -0.4 is 9.46 Å². The molecule has 1 aliphatic heterocycles. The Balaban J connectivity index is 1.96. The van der Waals surface area contributed by atoms with Crippen molar-refractivity contribution in [1.82, 2.24) is 9.62 Å². The minimum absolute atomic E-state index is 0.000753. The summed E-state index contributed by atoms with van der Waals surface area (Å²) in [6, 6.07) is 3.96. The number of likely N-dealkylation sites (tertiary alicyclic amines) is 1. The van der Waals surface area contributed by atoms with Crippen LogP contribution in [0.5, 0.6) is 5.75 Å². The lowest BCUT2D eigenvalue weighted by molar-refractivity contribution is 0.0706. The average Bonchev–Trinajstić information content (AvgIpc) is 2.54. The number of methoxy groups -OCH3 is 1. The van der Waals surface area contributed by atoms with Crippen LogP contribution in [0.15, 0.2) is 18.2 Å². The van der Waals surface area contributed by atoms with Gasteiger partial charge in [-0.1, -0.05) is 6.92 Å². The van der Waals surface area contributed by atoms with Gasteiger partial charge < -0.3 is 9.64 Å². The first kappa shape index (κ1) is 18.7. The molecule has 0 atom stereocenters. The Morgan fingerprint density at radius 1 is 1.38 bits per heavy atom. The maximum atomic E-state index is 14.0. The highest BCUT2D eigenvalue weighted by Gasteiger charge is 2.27. The second-order valence-corrected chi connectivity index (χ2v) is 7.72. The molecule has 24 heavy (non-hydrogen) atoms. The number of amides is 1. The molecule has 134 valence electrons. The molecule has 0 saturated carbocycles. The van der Waals surface area contributed by atoms with Crippen molar-refractivity contribution in [2.45, 2.75) is 32.2 Å². The van der Waals surface area contributed by atoms with Crippen molar-refractivity contribution in [2.24, 2.45) is 0 Å². The summed E-state index contributed by atoms with van der Waals surface area (Å²) >= 11 is 0. The van der Waals surface area contributed by atoms with Gasteiger partial charge in [-0.2, -0.15) is 0 Å². The lowest BCUT2D eigenvalue weighted by atomic mass is 10.0. The summed E-state index contributed by atoms with van der Waals surface area (Å²) in [7, 11) is -1.83. The minimum atomic E-state index is -3.26. The zero-order chi connectivity index (χ0) is 17.7. The lowest BCUT2D eigenvalue weighted by Gasteiger charge is -2.32. The van der Waals surface area contributed by atoms with Crippen LogP contribution in [0.25, 0.3) is 0 Å². The molecule has 0 bridgehead atoms. The average molecular weight is 358 g/mol. The summed E-state index contributed by atoms with van der Waals surface area (Å²) < 4.78 is 45.2. The van der Waals surface area contributed by atoms with Crippen LogP contribution in [0.3, 0.4) is 0 Å². The van der Waals surface area contributed by atoms with Crippen molar-refractivity contribution >= 4 is 15.9 Å². The van der Waals surface area contributed by atoms with Crippen LogP contribution in [-0.2, 0) is 10.0 Å². The number of halogens is 1. The predicted octanol–water partition coefficient (Wildman–Crippen LogP) is 1.77. The SMILES string of the molecule is CCCS(=O)(=O)NC1CCN(C(=O)c2ccc(OC)cc2F)CC1. The number of benzene rings is 1. The molecule has 1 fully saturated rings. The highest BCUT2D eigenvalue weighted by molar-refractivity contribution is 7.89. The van der Waals surface area contributed by atoms with Gasteiger partial charge in [0.15, 0.2) is 0 Å². The number of hydrogen-bond donors (Lipinski definition) is 1. The Hall–Kier alpha value is -1.67. The van der Waals surface area contributed by atoms with Gasteiger partial charge in [-0.05, 0) is 31.4 Å². The van der Waals surface area contributed by atoms with E-state index in [2.05, 4.69) is 4.72 Å². The Morgan fingerprint density at radius 3 is 2.58 bits per heavy atom. The van der Waals surface area contributed by atoms with Gasteiger partial charge in [0.25, 0.3) is 5.91 Å². The first-order valence-corrected chi connectivity index (χ1v) is 9.64. The van der Waals surface area contributed by atoms with Crippen LogP contribution in [-0.4, -0.2) is 51.2 Å². The Labute approximate surface area is 142 Å². The summed E-state index contributed by atoms with van der Waals surface area (Å²) in [5.74, 6) is -0.549. The van der Waals surface area contributed by atoms with E-state index in [1.807, 2.05) is 6.92 Å². The van der Waals surface area contributed by atoms with E-state index in [0.29, 0.717) is 38.1 Å². The maximum absolute atomic E-state index is 14.0. The van der Waals surface area contributed by atoms with Crippen LogP contribution >= 0.6 is 0 Å². The standard InChI is InChI=1S/C16H23FN2O4S/c1-3-10-24(21,22)18-12-6-8-19(9-7-12)16(20)14-5-4-13(23-2)11-15(14)17/h4-5,11-12,18H,3,6-10H2,1-2H3. The maximum Gasteiger partial charge on any atom is 0.256 e. The lowest BCUT2D eigenvalue weighted by Crippen LogP contribution is -2.47. The third-order valence-corrected chi connectivity index (χ3v) is 5.65. The van der Waals surface area contributed by atoms with Crippen molar-refractivity contribution in [3.63, 3.8) is 0 Å². The molecule has 1 amide bonds. The Kier molecular flexibility index (Phi) is 6.17. The zero-order valence-electron chi connectivity index (χ0n) is 13.9. The summed E-state index contributed by atoms with van der Waals surface area (Å²) in [6.45, 7) is 2.59. The monoisotopic (exact) mass is 358 g/mol. The molecular weight excluding hydrogens is 335 g/mol. The van der Waals surface area contributed by atoms with Crippen molar-refractivity contribution in [2.75, 3.05) is 26.0 Å². The molecule has 0 radical (unpaired) electrons. The van der Waals surface area contributed by atoms with Crippen LogP contribution in [0, 0.1) is 5.82 Å². The van der Waals surface area contributed by atoms with Crippen molar-refractivity contribution in [3.8, 4) is 5.75 Å². The number of rotatable bonds is 6. The molecule has 0 aliphatic carbocycles. The first-order chi connectivity index (χ1) is 11.4. The normalized spacial score (nSPS) is 16.2. The van der Waals surface area contributed by atoms with Gasteiger partial charge >= 0.3 is 0 Å². The number of nitrogens with one attached hydrogen (secondary N) is 1. The third-order valence-electron chi connectivity index (χ3n) is 4.01. The van der Waals surface area contributed by atoms with Gasteiger partial charge in [0.2, 0.25) is 10.0 Å². The molecule has 1 heterocycles. The van der Waals surface area contributed by atoms with Gasteiger partial charge in [-0.3, -0.25) is 4.79 Å². The Bertz CT molecular complexity index is 685. The van der Waals surface area contributed by atoms with Crippen molar-refractivity contribution < 1.29 is 22.3 Å². The number of carbonyl (C=O) groups excluding carboxylic acids is 1. The molecule has 0 unspecified atom stereocenters. The van der Waals surface area contributed by atoms with Gasteiger partial charge in [-0.15, -0.1) is 0 Å². The molecule has 0 aromatic heterocycles. The van der Waals surface area contributed by atoms with E-state index in [1.165, 1.54) is 19.2 Å². The summed E-state index contributed by atoms with van der Waals surface area (Å²) in [4.78, 5) is 14.0. The molecule has 6 nitrogen and oxygen atoms in total. The van der Waals surface area contributed by atoms with E-state index in [0.717, 1.165) is 0 Å². The molecule has 1 aromatic carbocycles. The van der Waals surface area contributed by atoms with Gasteiger partial charge in [0, 0.05) is 25.2 Å². The van der Waals surface area contributed by atoms with E-state index in [4.69, 9.17) is 4.74 Å². The van der Waals surface area contributed by atoms with Gasteiger partial charge in [-0.25, -0.2) is 17.5 Å². The largest absolute Gasteiger partial charge is 0.497 e. The summed E-state index contributed by atoms with van der Waals surface area (Å²) in [6.07, 6.45) is 1.60. The highest BCUT2D eigenvalue weighted by Crippen LogP contribution is 2.20. The van der Waals surface area contributed by atoms with E-state index < -0.39 is 15.8 Å². The van der Waals surface area contributed by atoms with E-state index >= 15 is 0 Å². The van der Waals surface area contributed by atoms with Crippen LogP contribution in [0.2, 0.25) is 0 Å². The van der Waals surface area contributed by atoms with Gasteiger partial charge in [0.1, 0.15) is 11.6 Å². The van der Waals surface area contributed by atoms with E-state index in [9.17, 15) is 17.6 Å². The number of nitrogens with zero attached hydrogens (tertiary/aromatic N) is 1.